The van der Waals surface area contributed by atoms with Gasteiger partial charge in [0.1, 0.15) is 5.75 Å². The van der Waals surface area contributed by atoms with E-state index in [2.05, 4.69) is 10.1 Å². The molecule has 2 aromatic carbocycles. The van der Waals surface area contributed by atoms with Crippen molar-refractivity contribution in [1.29, 1.82) is 0 Å². The van der Waals surface area contributed by atoms with E-state index < -0.39 is 17.5 Å². The average molecular weight is 455 g/mol. The lowest BCUT2D eigenvalue weighted by Crippen LogP contribution is -2.39. The summed E-state index contributed by atoms with van der Waals surface area (Å²) in [6.45, 7) is 0.463. The van der Waals surface area contributed by atoms with Crippen molar-refractivity contribution < 1.29 is 32.6 Å². The van der Waals surface area contributed by atoms with Crippen molar-refractivity contribution in [3.05, 3.63) is 48.0 Å². The number of benzene rings is 2. The second-order valence-corrected chi connectivity index (χ2v) is 7.20. The van der Waals surface area contributed by atoms with Crippen LogP contribution in [0, 0.1) is 0 Å². The number of nitrogens with one attached hydrogen (secondary N) is 1. The molecule has 1 fully saturated rings. The number of hydrogen-bond acceptors (Lipinski definition) is 6. The SMILES string of the molecule is COc1ccc(CCNC2CC(=O)N(c3ccc(OC(F)(F)Cl)cc3)C2=O)cc1OC. The highest BCUT2D eigenvalue weighted by Crippen LogP contribution is 2.30. The summed E-state index contributed by atoms with van der Waals surface area (Å²) in [6, 6.07) is 9.99. The minimum atomic E-state index is -3.84. The van der Waals surface area contributed by atoms with Gasteiger partial charge in [-0.2, -0.15) is 0 Å². The Morgan fingerprint density at radius 1 is 1.10 bits per heavy atom. The minimum absolute atomic E-state index is 0.00275. The molecular formula is C21H21ClF2N2O5. The smallest absolute Gasteiger partial charge is 0.487 e. The Hall–Kier alpha value is -2.91. The first-order chi connectivity index (χ1) is 14.7. The van der Waals surface area contributed by atoms with E-state index in [4.69, 9.17) is 21.1 Å². The van der Waals surface area contributed by atoms with Crippen LogP contribution < -0.4 is 24.4 Å². The molecule has 1 heterocycles. The predicted octanol–water partition coefficient (Wildman–Crippen LogP) is 3.34. The monoisotopic (exact) mass is 454 g/mol. The van der Waals surface area contributed by atoms with E-state index in [0.29, 0.717) is 24.5 Å². The molecule has 0 aromatic heterocycles. The van der Waals surface area contributed by atoms with Gasteiger partial charge in [0.2, 0.25) is 5.91 Å². The number of alkyl halides is 3. The van der Waals surface area contributed by atoms with E-state index in [1.165, 1.54) is 24.3 Å². The zero-order valence-corrected chi connectivity index (χ0v) is 17.6. The van der Waals surface area contributed by atoms with Gasteiger partial charge in [0.05, 0.1) is 32.4 Å². The summed E-state index contributed by atoms with van der Waals surface area (Å²) in [5, 5.41) is 3.09. The molecule has 7 nitrogen and oxygen atoms in total. The van der Waals surface area contributed by atoms with Crippen LogP contribution in [0.15, 0.2) is 42.5 Å². The van der Waals surface area contributed by atoms with Crippen LogP contribution in [0.5, 0.6) is 17.2 Å². The molecule has 2 amide bonds. The fourth-order valence-electron chi connectivity index (χ4n) is 3.29. The van der Waals surface area contributed by atoms with Gasteiger partial charge in [0, 0.05) is 11.6 Å². The number of ether oxygens (including phenoxy) is 3. The van der Waals surface area contributed by atoms with Crippen LogP contribution in [0.4, 0.5) is 14.5 Å². The quantitative estimate of drug-likeness (QED) is 0.462. The van der Waals surface area contributed by atoms with Crippen LogP contribution in [0.2, 0.25) is 0 Å². The van der Waals surface area contributed by atoms with Crippen LogP contribution in [0.25, 0.3) is 0 Å². The molecule has 0 aliphatic carbocycles. The van der Waals surface area contributed by atoms with E-state index in [1.54, 1.807) is 20.3 Å². The lowest BCUT2D eigenvalue weighted by molar-refractivity contribution is -0.121. The van der Waals surface area contributed by atoms with Gasteiger partial charge < -0.3 is 19.5 Å². The molecule has 1 aliphatic rings. The van der Waals surface area contributed by atoms with Crippen molar-refractivity contribution in [3.63, 3.8) is 0 Å². The lowest BCUT2D eigenvalue weighted by atomic mass is 10.1. The number of halogens is 3. The minimum Gasteiger partial charge on any atom is -0.493 e. The largest absolute Gasteiger partial charge is 0.493 e. The zero-order chi connectivity index (χ0) is 22.6. The third-order valence-corrected chi connectivity index (χ3v) is 4.80. The number of imide groups is 1. The van der Waals surface area contributed by atoms with E-state index in [9.17, 15) is 18.4 Å². The van der Waals surface area contributed by atoms with Gasteiger partial charge in [0.15, 0.2) is 11.5 Å². The molecule has 0 spiro atoms. The molecule has 3 rings (SSSR count). The molecule has 0 bridgehead atoms. The van der Waals surface area contributed by atoms with Gasteiger partial charge in [0.25, 0.3) is 5.91 Å². The van der Waals surface area contributed by atoms with Crippen LogP contribution in [0.3, 0.4) is 0 Å². The first-order valence-electron chi connectivity index (χ1n) is 9.38. The topological polar surface area (TPSA) is 77.1 Å². The number of hydrogen-bond donors (Lipinski definition) is 1. The third kappa shape index (κ3) is 5.62. The standard InChI is InChI=1S/C21H21ClF2N2O5/c1-29-17-8-3-13(11-18(17)30-2)9-10-25-16-12-19(27)26(20(16)28)14-4-6-15(7-5-14)31-21(22,23)24/h3-8,11,16,25H,9-10,12H2,1-2H3. The first kappa shape index (κ1) is 22.8. The Labute approximate surface area is 182 Å². The fraction of sp³-hybridized carbons (Fsp3) is 0.333. The van der Waals surface area contributed by atoms with Crippen molar-refractivity contribution >= 4 is 29.1 Å². The molecule has 10 heteroatoms. The van der Waals surface area contributed by atoms with E-state index in [1.807, 2.05) is 12.1 Å². The van der Waals surface area contributed by atoms with Gasteiger partial charge in [-0.05, 0) is 54.9 Å². The van der Waals surface area contributed by atoms with Crippen molar-refractivity contribution in [3.8, 4) is 17.2 Å². The molecule has 1 unspecified atom stereocenters. The van der Waals surface area contributed by atoms with Gasteiger partial charge in [-0.1, -0.05) is 6.07 Å². The average Bonchev–Trinajstić information content (AvgIpc) is 3.00. The molecule has 1 N–H and O–H groups in total. The number of nitrogens with zero attached hydrogens (tertiary/aromatic N) is 1. The second kappa shape index (κ2) is 9.49. The summed E-state index contributed by atoms with van der Waals surface area (Å²) in [4.78, 5) is 26.1. The second-order valence-electron chi connectivity index (χ2n) is 6.76. The van der Waals surface area contributed by atoms with Crippen LogP contribution >= 0.6 is 11.6 Å². The normalized spacial score (nSPS) is 16.5. The third-order valence-electron chi connectivity index (χ3n) is 4.73. The van der Waals surface area contributed by atoms with Gasteiger partial charge in [-0.25, -0.2) is 4.90 Å². The zero-order valence-electron chi connectivity index (χ0n) is 16.9. The highest BCUT2D eigenvalue weighted by Gasteiger charge is 2.39. The maximum atomic E-state index is 12.7. The molecule has 166 valence electrons. The molecule has 1 aliphatic heterocycles. The number of rotatable bonds is 9. The van der Waals surface area contributed by atoms with E-state index in [0.717, 1.165) is 10.5 Å². The molecule has 0 radical (unpaired) electrons. The summed E-state index contributed by atoms with van der Waals surface area (Å²) in [6.07, 6.45) is 0.611. The summed E-state index contributed by atoms with van der Waals surface area (Å²) < 4.78 is 40.1. The van der Waals surface area contributed by atoms with Crippen molar-refractivity contribution in [2.75, 3.05) is 25.7 Å². The fourth-order valence-corrected chi connectivity index (χ4v) is 3.38. The molecule has 0 saturated carbocycles. The van der Waals surface area contributed by atoms with Gasteiger partial charge in [-0.15, -0.1) is 8.78 Å². The number of carbonyl (C=O) groups is 2. The lowest BCUT2D eigenvalue weighted by Gasteiger charge is -2.17. The number of anilines is 1. The maximum Gasteiger partial charge on any atom is 0.487 e. The summed E-state index contributed by atoms with van der Waals surface area (Å²) in [5.74, 6) is 0.251. The van der Waals surface area contributed by atoms with Crippen molar-refractivity contribution in [1.82, 2.24) is 5.32 Å². The Kier molecular flexibility index (Phi) is 6.97. The number of carbonyl (C=O) groups excluding carboxylic acids is 2. The van der Waals surface area contributed by atoms with Gasteiger partial charge in [-0.3, -0.25) is 9.59 Å². The highest BCUT2D eigenvalue weighted by atomic mass is 35.5. The van der Waals surface area contributed by atoms with Crippen molar-refractivity contribution in [2.45, 2.75) is 24.5 Å². The number of amides is 2. The maximum absolute atomic E-state index is 12.7. The number of methoxy groups -OCH3 is 2. The predicted molar refractivity (Wildman–Crippen MR) is 110 cm³/mol. The van der Waals surface area contributed by atoms with Crippen molar-refractivity contribution in [2.24, 2.45) is 0 Å². The summed E-state index contributed by atoms with van der Waals surface area (Å²) in [7, 11) is 3.11. The summed E-state index contributed by atoms with van der Waals surface area (Å²) in [5.41, 5.74) is -2.60. The first-order valence-corrected chi connectivity index (χ1v) is 9.76. The molecule has 2 aromatic rings. The Bertz CT molecular complexity index is 950. The highest BCUT2D eigenvalue weighted by molar-refractivity contribution is 6.22. The molecule has 31 heavy (non-hydrogen) atoms. The van der Waals surface area contributed by atoms with Crippen LogP contribution in [-0.4, -0.2) is 44.2 Å². The molecule has 1 atom stereocenters. The van der Waals surface area contributed by atoms with Crippen LogP contribution in [-0.2, 0) is 16.0 Å². The van der Waals surface area contributed by atoms with Crippen LogP contribution in [0.1, 0.15) is 12.0 Å². The van der Waals surface area contributed by atoms with E-state index >= 15 is 0 Å². The molecule has 1 saturated heterocycles. The van der Waals surface area contributed by atoms with Gasteiger partial charge >= 0.3 is 5.57 Å². The Morgan fingerprint density at radius 2 is 1.77 bits per heavy atom. The Morgan fingerprint density at radius 3 is 2.39 bits per heavy atom. The Balaban J connectivity index is 1.59. The summed E-state index contributed by atoms with van der Waals surface area (Å²) >= 11 is 4.73. The van der Waals surface area contributed by atoms with E-state index in [-0.39, 0.29) is 23.8 Å². The molecular weight excluding hydrogens is 434 g/mol.